The maximum absolute atomic E-state index is 12.3. The number of aromatic nitrogens is 3. The van der Waals surface area contributed by atoms with E-state index in [1.165, 1.54) is 18.5 Å². The fraction of sp³-hybridized carbons (Fsp3) is 0.0476. The summed E-state index contributed by atoms with van der Waals surface area (Å²) in [6.07, 6.45) is 2.71. The second-order valence-corrected chi connectivity index (χ2v) is 6.14. The monoisotopic (exact) mass is 357 g/mol. The topological polar surface area (TPSA) is 85.1 Å². The molecule has 0 atom stereocenters. The SMILES string of the molecule is O=C(O)c1cn(Cc2ccc(-c3ccccc3)cc2)c2nnccc2c1=O. The molecule has 0 fully saturated rings. The largest absolute Gasteiger partial charge is 0.477 e. The van der Waals surface area contributed by atoms with Crippen molar-refractivity contribution in [1.82, 2.24) is 14.8 Å². The number of nitrogens with zero attached hydrogens (tertiary/aromatic N) is 3. The smallest absolute Gasteiger partial charge is 0.341 e. The van der Waals surface area contributed by atoms with Crippen LogP contribution in [0.5, 0.6) is 0 Å². The molecule has 0 bridgehead atoms. The van der Waals surface area contributed by atoms with Crippen molar-refractivity contribution in [2.75, 3.05) is 0 Å². The highest BCUT2D eigenvalue weighted by atomic mass is 16.4. The van der Waals surface area contributed by atoms with Gasteiger partial charge in [0.15, 0.2) is 5.65 Å². The zero-order valence-electron chi connectivity index (χ0n) is 14.2. The van der Waals surface area contributed by atoms with Crippen molar-refractivity contribution in [2.45, 2.75) is 6.54 Å². The Morgan fingerprint density at radius 1 is 0.963 bits per heavy atom. The summed E-state index contributed by atoms with van der Waals surface area (Å²) >= 11 is 0. The zero-order valence-corrected chi connectivity index (χ0v) is 14.2. The lowest BCUT2D eigenvalue weighted by atomic mass is 10.0. The molecule has 0 aliphatic carbocycles. The molecule has 0 aliphatic heterocycles. The van der Waals surface area contributed by atoms with E-state index in [2.05, 4.69) is 10.2 Å². The third kappa shape index (κ3) is 3.20. The first-order valence-corrected chi connectivity index (χ1v) is 8.36. The molecule has 2 aromatic heterocycles. The van der Waals surface area contributed by atoms with E-state index in [9.17, 15) is 14.7 Å². The predicted octanol–water partition coefficient (Wildman–Crippen LogP) is 3.21. The van der Waals surface area contributed by atoms with E-state index in [-0.39, 0.29) is 10.9 Å². The Balaban J connectivity index is 1.74. The van der Waals surface area contributed by atoms with Crippen molar-refractivity contribution in [3.63, 3.8) is 0 Å². The first-order chi connectivity index (χ1) is 13.1. The van der Waals surface area contributed by atoms with Gasteiger partial charge in [-0.1, -0.05) is 54.6 Å². The van der Waals surface area contributed by atoms with Crippen LogP contribution in [0, 0.1) is 0 Å². The van der Waals surface area contributed by atoms with Crippen LogP contribution in [0.1, 0.15) is 15.9 Å². The minimum absolute atomic E-state index is 0.241. The van der Waals surface area contributed by atoms with E-state index < -0.39 is 11.4 Å². The van der Waals surface area contributed by atoms with Gasteiger partial charge >= 0.3 is 5.97 Å². The quantitative estimate of drug-likeness (QED) is 0.606. The molecule has 4 rings (SSSR count). The van der Waals surface area contributed by atoms with Crippen molar-refractivity contribution >= 4 is 17.0 Å². The third-order valence-electron chi connectivity index (χ3n) is 4.39. The van der Waals surface area contributed by atoms with Crippen LogP contribution in [-0.2, 0) is 6.54 Å². The van der Waals surface area contributed by atoms with E-state index in [1.807, 2.05) is 54.6 Å². The number of fused-ring (bicyclic) bond motifs is 1. The number of carboxylic acids is 1. The number of benzene rings is 2. The summed E-state index contributed by atoms with van der Waals surface area (Å²) in [5, 5.41) is 17.4. The molecule has 0 aliphatic rings. The Hall–Kier alpha value is -3.80. The summed E-state index contributed by atoms with van der Waals surface area (Å²) in [7, 11) is 0. The molecule has 6 heteroatoms. The summed E-state index contributed by atoms with van der Waals surface area (Å²) in [6.45, 7) is 0.380. The van der Waals surface area contributed by atoms with Gasteiger partial charge in [-0.15, -0.1) is 5.10 Å². The number of carboxylic acid groups (broad SMARTS) is 1. The lowest BCUT2D eigenvalue weighted by Gasteiger charge is -2.11. The van der Waals surface area contributed by atoms with Gasteiger partial charge in [-0.2, -0.15) is 5.10 Å². The maximum Gasteiger partial charge on any atom is 0.341 e. The molecule has 0 unspecified atom stereocenters. The molecular formula is C21H15N3O3. The maximum atomic E-state index is 12.3. The van der Waals surface area contributed by atoms with Crippen molar-refractivity contribution in [1.29, 1.82) is 0 Å². The van der Waals surface area contributed by atoms with Gasteiger partial charge in [0.2, 0.25) is 5.43 Å². The summed E-state index contributed by atoms with van der Waals surface area (Å²) in [6, 6.07) is 19.5. The zero-order chi connectivity index (χ0) is 18.8. The first kappa shape index (κ1) is 16.7. The fourth-order valence-electron chi connectivity index (χ4n) is 3.04. The molecule has 132 valence electrons. The van der Waals surface area contributed by atoms with E-state index in [1.54, 1.807) is 4.57 Å². The van der Waals surface area contributed by atoms with E-state index in [0.717, 1.165) is 16.7 Å². The molecule has 0 radical (unpaired) electrons. The second kappa shape index (κ2) is 6.84. The normalized spacial score (nSPS) is 10.8. The minimum atomic E-state index is -1.26. The molecule has 0 saturated carbocycles. The van der Waals surface area contributed by atoms with E-state index >= 15 is 0 Å². The highest BCUT2D eigenvalue weighted by Crippen LogP contribution is 2.20. The number of pyridine rings is 1. The Morgan fingerprint density at radius 2 is 1.67 bits per heavy atom. The molecule has 4 aromatic rings. The van der Waals surface area contributed by atoms with Crippen LogP contribution in [-0.4, -0.2) is 25.8 Å². The van der Waals surface area contributed by atoms with Gasteiger partial charge in [-0.05, 0) is 22.8 Å². The second-order valence-electron chi connectivity index (χ2n) is 6.14. The average Bonchev–Trinajstić information content (AvgIpc) is 2.71. The highest BCUT2D eigenvalue weighted by molar-refractivity contribution is 5.91. The first-order valence-electron chi connectivity index (χ1n) is 8.36. The Kier molecular flexibility index (Phi) is 4.22. The van der Waals surface area contributed by atoms with Gasteiger partial charge in [0.25, 0.3) is 0 Å². The van der Waals surface area contributed by atoms with Crippen molar-refractivity contribution in [3.8, 4) is 11.1 Å². The molecule has 2 aromatic carbocycles. The van der Waals surface area contributed by atoms with Crippen LogP contribution in [0.15, 0.2) is 77.9 Å². The van der Waals surface area contributed by atoms with Gasteiger partial charge in [0, 0.05) is 12.7 Å². The minimum Gasteiger partial charge on any atom is -0.477 e. The van der Waals surface area contributed by atoms with Gasteiger partial charge in [-0.25, -0.2) is 4.79 Å². The molecule has 1 N–H and O–H groups in total. The number of rotatable bonds is 4. The van der Waals surface area contributed by atoms with Crippen molar-refractivity contribution < 1.29 is 9.90 Å². The van der Waals surface area contributed by atoms with Gasteiger partial charge in [0.1, 0.15) is 5.56 Å². The summed E-state index contributed by atoms with van der Waals surface area (Å²) < 4.78 is 1.64. The molecular weight excluding hydrogens is 342 g/mol. The Bertz CT molecular complexity index is 1180. The van der Waals surface area contributed by atoms with Crippen LogP contribution in [0.2, 0.25) is 0 Å². The summed E-state index contributed by atoms with van der Waals surface area (Å²) in [5.74, 6) is -1.26. The molecule has 0 saturated heterocycles. The van der Waals surface area contributed by atoms with Crippen LogP contribution in [0.3, 0.4) is 0 Å². The lowest BCUT2D eigenvalue weighted by molar-refractivity contribution is 0.0695. The number of aromatic carboxylic acids is 1. The number of carbonyl (C=O) groups is 1. The van der Waals surface area contributed by atoms with Crippen LogP contribution >= 0.6 is 0 Å². The third-order valence-corrected chi connectivity index (χ3v) is 4.39. The highest BCUT2D eigenvalue weighted by Gasteiger charge is 2.15. The lowest BCUT2D eigenvalue weighted by Crippen LogP contribution is -2.20. The fourth-order valence-corrected chi connectivity index (χ4v) is 3.04. The molecule has 27 heavy (non-hydrogen) atoms. The number of hydrogen-bond acceptors (Lipinski definition) is 4. The van der Waals surface area contributed by atoms with Gasteiger partial charge < -0.3 is 9.67 Å². The van der Waals surface area contributed by atoms with E-state index in [4.69, 9.17) is 0 Å². The molecule has 0 spiro atoms. The van der Waals surface area contributed by atoms with Crippen molar-refractivity contribution in [2.24, 2.45) is 0 Å². The summed E-state index contributed by atoms with van der Waals surface area (Å²) in [5.41, 5.74) is 2.70. The average molecular weight is 357 g/mol. The number of hydrogen-bond donors (Lipinski definition) is 1. The molecule has 6 nitrogen and oxygen atoms in total. The van der Waals surface area contributed by atoms with Crippen LogP contribution in [0.25, 0.3) is 22.2 Å². The standard InChI is InChI=1S/C21H15N3O3/c25-19-17-10-11-22-23-20(17)24(13-18(19)21(26)27)12-14-6-8-16(9-7-14)15-4-2-1-3-5-15/h1-11,13H,12H2,(H,26,27). The summed E-state index contributed by atoms with van der Waals surface area (Å²) in [4.78, 5) is 23.7. The Morgan fingerprint density at radius 3 is 2.37 bits per heavy atom. The van der Waals surface area contributed by atoms with Crippen LogP contribution in [0.4, 0.5) is 0 Å². The van der Waals surface area contributed by atoms with Crippen LogP contribution < -0.4 is 5.43 Å². The Labute approximate surface area is 154 Å². The van der Waals surface area contributed by atoms with E-state index in [0.29, 0.717) is 12.2 Å². The predicted molar refractivity (Wildman–Crippen MR) is 102 cm³/mol. The molecule has 0 amide bonds. The molecule has 2 heterocycles. The van der Waals surface area contributed by atoms with Gasteiger partial charge in [-0.3, -0.25) is 4.79 Å². The van der Waals surface area contributed by atoms with Crippen molar-refractivity contribution in [3.05, 3.63) is 94.4 Å². The van der Waals surface area contributed by atoms with Gasteiger partial charge in [0.05, 0.1) is 11.6 Å².